The fourth-order valence-electron chi connectivity index (χ4n) is 2.94. The zero-order chi connectivity index (χ0) is 23.2. The number of nitrogens with one attached hydrogen (secondary N) is 1. The van der Waals surface area contributed by atoms with Gasteiger partial charge in [0, 0.05) is 5.92 Å². The quantitative estimate of drug-likeness (QED) is 0.251. The van der Waals surface area contributed by atoms with Crippen molar-refractivity contribution < 1.29 is 51.2 Å². The van der Waals surface area contributed by atoms with E-state index in [2.05, 4.69) is 28.2 Å². The molecule has 20 heteroatoms. The maximum atomic E-state index is 11.9. The van der Waals surface area contributed by atoms with Crippen LogP contribution in [-0.2, 0) is 31.6 Å². The summed E-state index contributed by atoms with van der Waals surface area (Å²) < 4.78 is 52.7. The molecule has 1 aliphatic heterocycles. The first kappa shape index (κ1) is 24.2. The number of ether oxygens (including phenoxy) is 1. The number of nitrogens with zero attached hydrogens (tertiary/aromatic N) is 3. The van der Waals surface area contributed by atoms with Crippen LogP contribution >= 0.6 is 23.5 Å². The van der Waals surface area contributed by atoms with Crippen molar-refractivity contribution in [3.05, 3.63) is 22.2 Å². The second kappa shape index (κ2) is 8.46. The third kappa shape index (κ3) is 5.86. The van der Waals surface area contributed by atoms with Gasteiger partial charge >= 0.3 is 23.5 Å². The van der Waals surface area contributed by atoms with Crippen molar-refractivity contribution in [3.8, 4) is 0 Å². The zero-order valence-electron chi connectivity index (χ0n) is 15.5. The van der Waals surface area contributed by atoms with Gasteiger partial charge in [-0.05, 0) is 5.92 Å². The summed E-state index contributed by atoms with van der Waals surface area (Å²) >= 11 is 0. The van der Waals surface area contributed by atoms with E-state index in [0.717, 1.165) is 0 Å². The largest absolute Gasteiger partial charge is 0.490 e. The monoisotopic (exact) mass is 505 g/mol. The summed E-state index contributed by atoms with van der Waals surface area (Å²) in [4.78, 5) is 53.9. The number of aromatic nitrogens is 4. The first-order chi connectivity index (χ1) is 14.2. The molecule has 0 saturated carbocycles. The lowest BCUT2D eigenvalue weighted by Gasteiger charge is -2.20. The summed E-state index contributed by atoms with van der Waals surface area (Å²) in [5, 5.41) is 3.98. The Morgan fingerprint density at radius 2 is 1.94 bits per heavy atom. The topological polar surface area (TPSA) is 258 Å². The Morgan fingerprint density at radius 3 is 2.58 bits per heavy atom. The van der Waals surface area contributed by atoms with Crippen molar-refractivity contribution >= 4 is 35.1 Å². The van der Waals surface area contributed by atoms with E-state index >= 15 is 0 Å². The Labute approximate surface area is 172 Å². The first-order valence-electron chi connectivity index (χ1n) is 8.31. The summed E-state index contributed by atoms with van der Waals surface area (Å²) in [6.07, 6.45) is 0.710. The van der Waals surface area contributed by atoms with Gasteiger partial charge in [-0.2, -0.15) is 8.62 Å². The molecule has 2 aromatic rings. The Bertz CT molecular complexity index is 1170. The van der Waals surface area contributed by atoms with Crippen LogP contribution in [0.1, 0.15) is 18.7 Å². The average molecular weight is 505 g/mol. The highest BCUT2D eigenvalue weighted by molar-refractivity contribution is 7.66. The lowest BCUT2D eigenvalue weighted by molar-refractivity contribution is 0.0870. The molecule has 5 atom stereocenters. The first-order valence-corrected chi connectivity index (χ1v) is 12.8. The maximum Gasteiger partial charge on any atom is 0.490 e. The van der Waals surface area contributed by atoms with Crippen LogP contribution in [0.4, 0.5) is 5.95 Å². The van der Waals surface area contributed by atoms with Gasteiger partial charge in [0.2, 0.25) is 11.6 Å². The van der Waals surface area contributed by atoms with Gasteiger partial charge in [0.15, 0.2) is 0 Å². The van der Waals surface area contributed by atoms with E-state index in [-0.39, 0.29) is 24.1 Å². The molecule has 17 nitrogen and oxygen atoms in total. The Morgan fingerprint density at radius 1 is 1.26 bits per heavy atom. The number of imidazole rings is 1. The highest BCUT2D eigenvalue weighted by Gasteiger charge is 2.43. The summed E-state index contributed by atoms with van der Waals surface area (Å²) in [5.74, 6) is -1.05. The number of anilines is 1. The lowest BCUT2D eigenvalue weighted by Crippen LogP contribution is -2.20. The number of phosphoric acid groups is 3. The van der Waals surface area contributed by atoms with Gasteiger partial charge in [-0.3, -0.25) is 14.3 Å². The van der Waals surface area contributed by atoms with Gasteiger partial charge in [0.25, 0.3) is 5.56 Å². The summed E-state index contributed by atoms with van der Waals surface area (Å²) in [7, 11) is -16.3. The minimum Gasteiger partial charge on any atom is -0.371 e. The number of phosphoric ester groups is 1. The van der Waals surface area contributed by atoms with E-state index < -0.39 is 47.7 Å². The van der Waals surface area contributed by atoms with Crippen LogP contribution in [0.2, 0.25) is 0 Å². The zero-order valence-corrected chi connectivity index (χ0v) is 18.2. The van der Waals surface area contributed by atoms with Crippen molar-refractivity contribution in [3.63, 3.8) is 0 Å². The summed E-state index contributed by atoms with van der Waals surface area (Å²) in [6.45, 7) is 1.24. The van der Waals surface area contributed by atoms with Crippen molar-refractivity contribution in [2.24, 2.45) is 11.8 Å². The predicted octanol–water partition coefficient (Wildman–Crippen LogP) is -0.333. The molecule has 5 unspecified atom stereocenters. The lowest BCUT2D eigenvalue weighted by atomic mass is 9.92. The summed E-state index contributed by atoms with van der Waals surface area (Å²) in [6, 6.07) is 0. The van der Waals surface area contributed by atoms with Gasteiger partial charge < -0.3 is 30.0 Å². The third-order valence-corrected chi connectivity index (χ3v) is 8.09. The molecule has 2 aromatic heterocycles. The van der Waals surface area contributed by atoms with Gasteiger partial charge in [0.1, 0.15) is 6.10 Å². The molecule has 0 aliphatic carbocycles. The molecule has 0 bridgehead atoms. The van der Waals surface area contributed by atoms with Gasteiger partial charge in [-0.1, -0.05) is 6.92 Å². The minimum atomic E-state index is -5.60. The van der Waals surface area contributed by atoms with Crippen molar-refractivity contribution in [1.82, 2.24) is 19.6 Å². The predicted molar refractivity (Wildman–Crippen MR) is 99.2 cm³/mol. The number of hydrogen-bond donors (Lipinski definition) is 6. The fraction of sp³-hybridized carbons (Fsp3) is 0.545. The highest BCUT2D eigenvalue weighted by Crippen LogP contribution is 2.66. The molecule has 1 saturated heterocycles. The molecular weight excluding hydrogens is 487 g/mol. The second-order valence-electron chi connectivity index (χ2n) is 6.52. The average Bonchev–Trinajstić information content (AvgIpc) is 3.13. The van der Waals surface area contributed by atoms with Crippen LogP contribution in [-0.4, -0.2) is 52.4 Å². The molecule has 174 valence electrons. The Hall–Kier alpha value is -1.48. The number of aromatic amines is 1. The molecule has 0 spiro atoms. The SMILES string of the molecule is CC1C(COP(=O)(O)OP(=O)(O)OP(=O)(O)O)COC1c1cnc2c(=O)[nH]c(N)nn12. The molecular formula is C11H18N5O12P3. The molecule has 7 N–H and O–H groups in total. The number of rotatable bonds is 8. The van der Waals surface area contributed by atoms with Crippen LogP contribution in [0.25, 0.3) is 5.65 Å². The van der Waals surface area contributed by atoms with Crippen LogP contribution < -0.4 is 11.3 Å². The van der Waals surface area contributed by atoms with E-state index in [1.54, 1.807) is 6.92 Å². The normalized spacial score (nSPS) is 26.0. The number of hydrogen-bond acceptors (Lipinski definition) is 11. The molecule has 0 aromatic carbocycles. The standard InChI is InChI=1S/C11H18N5O12P3/c1-5-6(4-26-30(21,22)28-31(23,24)27-29(18,19)20)3-25-8(5)7-2-13-9-10(17)14-11(12)15-16(7)9/h2,5-6,8H,3-4H2,1H3,(H,21,22)(H,23,24)(H2,18,19,20)(H3,12,14,15,17). The second-order valence-corrected chi connectivity index (χ2v) is 10.9. The number of nitrogen functional groups attached to an aromatic ring is 1. The maximum absolute atomic E-state index is 11.9. The molecule has 1 aliphatic rings. The van der Waals surface area contributed by atoms with Gasteiger partial charge in [-0.15, -0.1) is 5.10 Å². The molecule has 0 radical (unpaired) electrons. The van der Waals surface area contributed by atoms with E-state index in [1.165, 1.54) is 10.7 Å². The van der Waals surface area contributed by atoms with Crippen LogP contribution in [0, 0.1) is 11.8 Å². The van der Waals surface area contributed by atoms with Crippen LogP contribution in [0.15, 0.2) is 11.0 Å². The van der Waals surface area contributed by atoms with Crippen molar-refractivity contribution in [2.45, 2.75) is 13.0 Å². The molecule has 3 rings (SSSR count). The smallest absolute Gasteiger partial charge is 0.371 e. The van der Waals surface area contributed by atoms with Crippen molar-refractivity contribution in [1.29, 1.82) is 0 Å². The van der Waals surface area contributed by atoms with E-state index in [1.807, 2.05) is 0 Å². The minimum absolute atomic E-state index is 0.0169. The highest BCUT2D eigenvalue weighted by atomic mass is 31.3. The Kier molecular flexibility index (Phi) is 6.60. The summed E-state index contributed by atoms with van der Waals surface area (Å²) in [5.41, 5.74) is 5.36. The van der Waals surface area contributed by atoms with Gasteiger partial charge in [-0.25, -0.2) is 23.2 Å². The molecule has 31 heavy (non-hydrogen) atoms. The van der Waals surface area contributed by atoms with E-state index in [4.69, 9.17) is 25.2 Å². The van der Waals surface area contributed by atoms with E-state index in [0.29, 0.717) is 5.69 Å². The van der Waals surface area contributed by atoms with Crippen LogP contribution in [0.5, 0.6) is 0 Å². The fourth-order valence-corrected chi connectivity index (χ4v) is 6.02. The number of fused-ring (bicyclic) bond motifs is 1. The van der Waals surface area contributed by atoms with Crippen LogP contribution in [0.3, 0.4) is 0 Å². The molecule has 0 amide bonds. The third-order valence-electron chi connectivity index (χ3n) is 4.29. The van der Waals surface area contributed by atoms with Gasteiger partial charge in [0.05, 0.1) is 25.1 Å². The molecule has 3 heterocycles. The van der Waals surface area contributed by atoms with E-state index in [9.17, 15) is 23.4 Å². The number of H-pyrrole nitrogens is 1. The number of nitrogens with two attached hydrogens (primary N) is 1. The van der Waals surface area contributed by atoms with Crippen molar-refractivity contribution in [2.75, 3.05) is 18.9 Å². The molecule has 1 fully saturated rings. The Balaban J connectivity index is 1.68.